The molecule has 1 heterocycles. The van der Waals surface area contributed by atoms with Gasteiger partial charge in [0.15, 0.2) is 6.29 Å². The third-order valence-corrected chi connectivity index (χ3v) is 9.48. The van der Waals surface area contributed by atoms with Crippen LogP contribution in [0.4, 0.5) is 0 Å². The minimum Gasteiger partial charge on any atom is -0.394 e. The molecule has 10 atom stereocenters. The highest BCUT2D eigenvalue weighted by molar-refractivity contribution is 5.03. The first kappa shape index (κ1) is 26.4. The van der Waals surface area contributed by atoms with Gasteiger partial charge in [-0.25, -0.2) is 0 Å². The molecule has 3 fully saturated rings. The van der Waals surface area contributed by atoms with Crippen molar-refractivity contribution in [3.8, 4) is 0 Å². The first-order chi connectivity index (χ1) is 15.0. The maximum atomic E-state index is 10.4. The molecule has 0 aromatic heterocycles. The van der Waals surface area contributed by atoms with Gasteiger partial charge in [0.1, 0.15) is 24.4 Å². The molecule has 0 bridgehead atoms. The van der Waals surface area contributed by atoms with Crippen molar-refractivity contribution >= 4 is 0 Å². The maximum Gasteiger partial charge on any atom is 0.186 e. The molecule has 0 radical (unpaired) electrons. The summed E-state index contributed by atoms with van der Waals surface area (Å²) in [5, 5.41) is 39.7. The van der Waals surface area contributed by atoms with E-state index in [0.29, 0.717) is 35.2 Å². The summed E-state index contributed by atoms with van der Waals surface area (Å²) in [6.07, 6.45) is 4.08. The van der Waals surface area contributed by atoms with Crippen LogP contribution in [0.25, 0.3) is 0 Å². The molecule has 32 heavy (non-hydrogen) atoms. The molecule has 188 valence electrons. The van der Waals surface area contributed by atoms with Crippen LogP contribution >= 0.6 is 0 Å². The van der Waals surface area contributed by atoms with E-state index >= 15 is 0 Å². The Morgan fingerprint density at radius 3 is 2.47 bits per heavy atom. The molecule has 2 saturated carbocycles. The highest BCUT2D eigenvalue weighted by atomic mass is 16.7. The number of aliphatic hydroxyl groups is 4. The highest BCUT2D eigenvalue weighted by Crippen LogP contribution is 2.62. The fourth-order valence-corrected chi connectivity index (χ4v) is 7.33. The number of aliphatic hydroxyl groups excluding tert-OH is 4. The van der Waals surface area contributed by atoms with E-state index in [2.05, 4.69) is 34.6 Å². The van der Waals surface area contributed by atoms with Crippen LogP contribution in [0.3, 0.4) is 0 Å². The Morgan fingerprint density at radius 2 is 1.81 bits per heavy atom. The van der Waals surface area contributed by atoms with Crippen molar-refractivity contribution in [1.82, 2.24) is 0 Å². The number of rotatable bonds is 9. The molecular formula is C26H48O6. The van der Waals surface area contributed by atoms with Crippen molar-refractivity contribution in [2.24, 2.45) is 34.5 Å². The van der Waals surface area contributed by atoms with E-state index in [-0.39, 0.29) is 0 Å². The minimum atomic E-state index is -1.27. The second kappa shape index (κ2) is 10.6. The molecule has 0 aromatic rings. The van der Waals surface area contributed by atoms with Crippen LogP contribution in [0.15, 0.2) is 0 Å². The second-order valence-electron chi connectivity index (χ2n) is 12.0. The monoisotopic (exact) mass is 456 g/mol. The number of hydrogen-bond donors (Lipinski definition) is 4. The molecule has 3 rings (SSSR count). The van der Waals surface area contributed by atoms with Gasteiger partial charge in [-0.2, -0.15) is 0 Å². The molecule has 0 spiro atoms. The summed E-state index contributed by atoms with van der Waals surface area (Å²) in [5.74, 6) is 2.40. The van der Waals surface area contributed by atoms with Crippen LogP contribution in [0.1, 0.15) is 86.0 Å². The lowest BCUT2D eigenvalue weighted by molar-refractivity contribution is -0.199. The van der Waals surface area contributed by atoms with E-state index in [1.165, 1.54) is 44.9 Å². The van der Waals surface area contributed by atoms with Gasteiger partial charge in [-0.15, -0.1) is 0 Å². The lowest BCUT2D eigenvalue weighted by Gasteiger charge is -2.59. The molecule has 6 nitrogen and oxygen atoms in total. The van der Waals surface area contributed by atoms with Crippen molar-refractivity contribution in [1.29, 1.82) is 0 Å². The van der Waals surface area contributed by atoms with Crippen LogP contribution in [0, 0.1) is 34.5 Å². The van der Waals surface area contributed by atoms with E-state index in [1.54, 1.807) is 0 Å². The van der Waals surface area contributed by atoms with Gasteiger partial charge in [0, 0.05) is 0 Å². The molecule has 0 amide bonds. The Labute approximate surface area is 194 Å². The second-order valence-corrected chi connectivity index (χ2v) is 12.0. The molecule has 3 aliphatic rings. The summed E-state index contributed by atoms with van der Waals surface area (Å²) in [6.45, 7) is 12.0. The smallest absolute Gasteiger partial charge is 0.186 e. The van der Waals surface area contributed by atoms with Gasteiger partial charge in [0.2, 0.25) is 0 Å². The average Bonchev–Trinajstić information content (AvgIpc) is 3.03. The van der Waals surface area contributed by atoms with Gasteiger partial charge in [0.25, 0.3) is 0 Å². The lowest BCUT2D eigenvalue weighted by atomic mass is 9.46. The van der Waals surface area contributed by atoms with Crippen molar-refractivity contribution in [2.45, 2.75) is 117 Å². The Morgan fingerprint density at radius 1 is 1.09 bits per heavy atom. The standard InChI is InChI=1S/C26H48O6/c1-6-16(2)8-10-18-17(9-11-20-25(3,4)12-7-13-26(18,20)5)15-31-24-22(30)21(29)23(32-24)19(28)14-27/h16-24,27-30H,6-15H2,1-5H3. The SMILES string of the molecule is CCC(C)CCC1C(COC2OC(C(O)CO)C(O)C2O)CCC2C(C)(C)CCCC12C. The topological polar surface area (TPSA) is 99.4 Å². The summed E-state index contributed by atoms with van der Waals surface area (Å²) in [7, 11) is 0. The molecular weight excluding hydrogens is 408 g/mol. The van der Waals surface area contributed by atoms with Gasteiger partial charge in [-0.3, -0.25) is 0 Å². The Kier molecular flexibility index (Phi) is 8.71. The first-order valence-electron chi connectivity index (χ1n) is 13.0. The Balaban J connectivity index is 1.71. The van der Waals surface area contributed by atoms with Crippen molar-refractivity contribution in [3.05, 3.63) is 0 Å². The normalized spacial score (nSPS) is 43.6. The van der Waals surface area contributed by atoms with E-state index in [0.717, 1.165) is 12.3 Å². The van der Waals surface area contributed by atoms with Gasteiger partial charge in [-0.05, 0) is 66.6 Å². The van der Waals surface area contributed by atoms with Gasteiger partial charge in [0.05, 0.1) is 13.2 Å². The molecule has 4 N–H and O–H groups in total. The quantitative estimate of drug-likeness (QED) is 0.424. The van der Waals surface area contributed by atoms with Crippen molar-refractivity contribution < 1.29 is 29.9 Å². The minimum absolute atomic E-state index is 0.297. The summed E-state index contributed by atoms with van der Waals surface area (Å²) in [4.78, 5) is 0. The number of hydrogen-bond acceptors (Lipinski definition) is 6. The zero-order valence-electron chi connectivity index (χ0n) is 20.9. The molecule has 6 heteroatoms. The zero-order valence-corrected chi connectivity index (χ0v) is 20.9. The molecule has 1 saturated heterocycles. The van der Waals surface area contributed by atoms with Crippen molar-refractivity contribution in [3.63, 3.8) is 0 Å². The summed E-state index contributed by atoms with van der Waals surface area (Å²) in [6, 6.07) is 0. The Bertz CT molecular complexity index is 597. The third-order valence-electron chi connectivity index (χ3n) is 9.48. The highest BCUT2D eigenvalue weighted by Gasteiger charge is 2.54. The number of fused-ring (bicyclic) bond motifs is 1. The summed E-state index contributed by atoms with van der Waals surface area (Å²) < 4.78 is 11.7. The van der Waals surface area contributed by atoms with E-state index < -0.39 is 37.3 Å². The van der Waals surface area contributed by atoms with Crippen LogP contribution in [-0.4, -0.2) is 64.3 Å². The molecule has 10 unspecified atom stereocenters. The maximum absolute atomic E-state index is 10.4. The number of ether oxygens (including phenoxy) is 2. The van der Waals surface area contributed by atoms with Gasteiger partial charge in [-0.1, -0.05) is 53.9 Å². The zero-order chi connectivity index (χ0) is 23.7. The molecule has 2 aliphatic carbocycles. The molecule has 0 aromatic carbocycles. The first-order valence-corrected chi connectivity index (χ1v) is 13.0. The predicted octanol–water partition coefficient (Wildman–Crippen LogP) is 3.49. The van der Waals surface area contributed by atoms with Crippen LogP contribution in [0.5, 0.6) is 0 Å². The van der Waals surface area contributed by atoms with Crippen LogP contribution in [0.2, 0.25) is 0 Å². The predicted molar refractivity (Wildman–Crippen MR) is 124 cm³/mol. The van der Waals surface area contributed by atoms with Gasteiger partial charge >= 0.3 is 0 Å². The van der Waals surface area contributed by atoms with Crippen LogP contribution in [-0.2, 0) is 9.47 Å². The van der Waals surface area contributed by atoms with Crippen molar-refractivity contribution in [2.75, 3.05) is 13.2 Å². The summed E-state index contributed by atoms with van der Waals surface area (Å²) in [5.41, 5.74) is 0.668. The lowest BCUT2D eigenvalue weighted by Crippen LogP contribution is -2.52. The summed E-state index contributed by atoms with van der Waals surface area (Å²) >= 11 is 0. The van der Waals surface area contributed by atoms with E-state index in [4.69, 9.17) is 9.47 Å². The molecule has 1 aliphatic heterocycles. The van der Waals surface area contributed by atoms with Gasteiger partial charge < -0.3 is 29.9 Å². The fraction of sp³-hybridized carbons (Fsp3) is 1.00. The largest absolute Gasteiger partial charge is 0.394 e. The third kappa shape index (κ3) is 5.21. The Hall–Kier alpha value is -0.240. The average molecular weight is 457 g/mol. The fourth-order valence-electron chi connectivity index (χ4n) is 7.33. The van der Waals surface area contributed by atoms with E-state index in [9.17, 15) is 20.4 Å². The van der Waals surface area contributed by atoms with E-state index in [1.807, 2.05) is 0 Å². The van der Waals surface area contributed by atoms with Crippen LogP contribution < -0.4 is 0 Å².